The summed E-state index contributed by atoms with van der Waals surface area (Å²) >= 11 is 0. The highest BCUT2D eigenvalue weighted by Crippen LogP contribution is 2.37. The van der Waals surface area contributed by atoms with Gasteiger partial charge in [-0.15, -0.1) is 10.2 Å². The average Bonchev–Trinajstić information content (AvgIpc) is 3.53. The van der Waals surface area contributed by atoms with E-state index in [-0.39, 0.29) is 6.79 Å². The van der Waals surface area contributed by atoms with Gasteiger partial charge in [-0.2, -0.15) is 0 Å². The highest BCUT2D eigenvalue weighted by molar-refractivity contribution is 5.88. The van der Waals surface area contributed by atoms with Crippen molar-refractivity contribution in [3.63, 3.8) is 0 Å². The summed E-state index contributed by atoms with van der Waals surface area (Å²) in [6.07, 6.45) is 3.64. The van der Waals surface area contributed by atoms with Gasteiger partial charge in [0.05, 0.1) is 12.2 Å². The molecule has 4 heterocycles. The van der Waals surface area contributed by atoms with Gasteiger partial charge in [-0.1, -0.05) is 30.3 Å². The number of likely N-dealkylation sites (tertiary alicyclic amines) is 1. The molecule has 2 aromatic heterocycles. The average molecular weight is 415 g/mol. The maximum Gasteiger partial charge on any atom is 0.231 e. The fraction of sp³-hybridized carbons (Fsp3) is 0.333. The first-order valence-corrected chi connectivity index (χ1v) is 10.9. The smallest absolute Gasteiger partial charge is 0.231 e. The van der Waals surface area contributed by atoms with Crippen LogP contribution in [0.3, 0.4) is 0 Å². The van der Waals surface area contributed by atoms with Gasteiger partial charge in [0.2, 0.25) is 6.79 Å². The molecule has 2 aliphatic rings. The van der Waals surface area contributed by atoms with Gasteiger partial charge in [0, 0.05) is 17.0 Å². The van der Waals surface area contributed by atoms with Crippen molar-refractivity contribution in [1.82, 2.24) is 25.1 Å². The van der Waals surface area contributed by atoms with E-state index < -0.39 is 0 Å². The molecule has 2 N–H and O–H groups in total. The van der Waals surface area contributed by atoms with Gasteiger partial charge in [0.15, 0.2) is 17.3 Å². The maximum absolute atomic E-state index is 5.47. The second kappa shape index (κ2) is 7.74. The van der Waals surface area contributed by atoms with Crippen LogP contribution >= 0.6 is 0 Å². The molecule has 0 saturated carbocycles. The molecular formula is C24H25N5O2. The molecule has 31 heavy (non-hydrogen) atoms. The number of H-pyrrole nitrogens is 2. The predicted octanol–water partition coefficient (Wildman–Crippen LogP) is 4.14. The third-order valence-corrected chi connectivity index (χ3v) is 6.35. The molecule has 0 spiro atoms. The van der Waals surface area contributed by atoms with Crippen molar-refractivity contribution in [2.24, 2.45) is 5.92 Å². The van der Waals surface area contributed by atoms with Gasteiger partial charge in [0.1, 0.15) is 5.82 Å². The second-order valence-corrected chi connectivity index (χ2v) is 8.51. The Balaban J connectivity index is 1.09. The van der Waals surface area contributed by atoms with Crippen molar-refractivity contribution >= 4 is 10.9 Å². The van der Waals surface area contributed by atoms with Crippen LogP contribution in [0.2, 0.25) is 0 Å². The predicted molar refractivity (Wildman–Crippen MR) is 118 cm³/mol. The van der Waals surface area contributed by atoms with Crippen LogP contribution in [-0.2, 0) is 13.0 Å². The number of piperidine rings is 1. The van der Waals surface area contributed by atoms with E-state index in [1.54, 1.807) is 0 Å². The lowest BCUT2D eigenvalue weighted by molar-refractivity contribution is 0.173. The first-order chi connectivity index (χ1) is 15.3. The lowest BCUT2D eigenvalue weighted by Crippen LogP contribution is -2.34. The molecule has 7 heteroatoms. The van der Waals surface area contributed by atoms with E-state index in [2.05, 4.69) is 61.5 Å². The minimum Gasteiger partial charge on any atom is -0.454 e. The summed E-state index contributed by atoms with van der Waals surface area (Å²) in [7, 11) is 0. The van der Waals surface area contributed by atoms with Crippen LogP contribution < -0.4 is 9.47 Å². The molecule has 0 atom stereocenters. The molecule has 0 radical (unpaired) electrons. The highest BCUT2D eigenvalue weighted by Gasteiger charge is 2.21. The van der Waals surface area contributed by atoms with Gasteiger partial charge in [-0.25, -0.2) is 0 Å². The Morgan fingerprint density at radius 3 is 2.58 bits per heavy atom. The Kier molecular flexibility index (Phi) is 4.61. The zero-order valence-corrected chi connectivity index (χ0v) is 17.3. The molecule has 0 bridgehead atoms. The van der Waals surface area contributed by atoms with Gasteiger partial charge in [0.25, 0.3) is 0 Å². The van der Waals surface area contributed by atoms with Crippen molar-refractivity contribution in [2.45, 2.75) is 25.8 Å². The Morgan fingerprint density at radius 1 is 0.935 bits per heavy atom. The number of ether oxygens (including phenoxy) is 2. The zero-order valence-electron chi connectivity index (χ0n) is 17.3. The zero-order chi connectivity index (χ0) is 20.6. The molecule has 1 saturated heterocycles. The molecule has 158 valence electrons. The lowest BCUT2D eigenvalue weighted by Gasteiger charge is -2.31. The Morgan fingerprint density at radius 2 is 1.74 bits per heavy atom. The minimum absolute atomic E-state index is 0.282. The number of benzene rings is 2. The number of nitrogens with zero attached hydrogens (tertiary/aromatic N) is 3. The van der Waals surface area contributed by atoms with Crippen molar-refractivity contribution in [3.05, 3.63) is 59.9 Å². The number of aromatic nitrogens is 4. The third-order valence-electron chi connectivity index (χ3n) is 6.35. The van der Waals surface area contributed by atoms with Crippen LogP contribution in [0.5, 0.6) is 11.5 Å². The van der Waals surface area contributed by atoms with E-state index in [0.717, 1.165) is 65.3 Å². The summed E-state index contributed by atoms with van der Waals surface area (Å²) < 4.78 is 10.9. The van der Waals surface area contributed by atoms with Crippen molar-refractivity contribution in [2.75, 3.05) is 19.9 Å². The van der Waals surface area contributed by atoms with Gasteiger partial charge in [-0.05, 0) is 56.0 Å². The Hall–Kier alpha value is -3.32. The van der Waals surface area contributed by atoms with Gasteiger partial charge < -0.3 is 19.4 Å². The fourth-order valence-corrected chi connectivity index (χ4v) is 4.65. The molecule has 0 unspecified atom stereocenters. The monoisotopic (exact) mass is 415 g/mol. The second-order valence-electron chi connectivity index (χ2n) is 8.51. The van der Waals surface area contributed by atoms with Crippen LogP contribution in [0.25, 0.3) is 22.4 Å². The summed E-state index contributed by atoms with van der Waals surface area (Å²) in [5.74, 6) is 3.99. The van der Waals surface area contributed by atoms with E-state index in [1.807, 2.05) is 12.1 Å². The summed E-state index contributed by atoms with van der Waals surface area (Å²) in [5.41, 5.74) is 3.36. The molecule has 4 aromatic rings. The molecule has 1 fully saturated rings. The van der Waals surface area contributed by atoms with Crippen molar-refractivity contribution < 1.29 is 9.47 Å². The largest absolute Gasteiger partial charge is 0.454 e. The summed E-state index contributed by atoms with van der Waals surface area (Å²) in [6, 6.07) is 16.9. The van der Waals surface area contributed by atoms with Crippen LogP contribution in [0.4, 0.5) is 0 Å². The van der Waals surface area contributed by atoms with Crippen LogP contribution in [0, 0.1) is 5.92 Å². The maximum atomic E-state index is 5.47. The minimum atomic E-state index is 0.282. The standard InChI is InChI=1S/C24H25N5O2/c1-2-4-16(5-3-1)10-17-6-8-29(9-7-17)14-23-26-24(28-27-23)20-11-18-12-21-22(31-15-30-21)13-19(18)25-20/h1-5,11-13,17,25H,6-10,14-15H2,(H,26,27,28). The van der Waals surface area contributed by atoms with E-state index in [9.17, 15) is 0 Å². The summed E-state index contributed by atoms with van der Waals surface area (Å²) in [6.45, 7) is 3.29. The molecule has 6 rings (SSSR count). The van der Waals surface area contributed by atoms with E-state index in [1.165, 1.54) is 24.8 Å². The number of hydrogen-bond acceptors (Lipinski definition) is 5. The number of nitrogens with one attached hydrogen (secondary N) is 2. The normalized spacial score (nSPS) is 16.9. The quantitative estimate of drug-likeness (QED) is 0.512. The van der Waals surface area contributed by atoms with E-state index >= 15 is 0 Å². The highest BCUT2D eigenvalue weighted by atomic mass is 16.7. The van der Waals surface area contributed by atoms with Crippen molar-refractivity contribution in [1.29, 1.82) is 0 Å². The first-order valence-electron chi connectivity index (χ1n) is 10.9. The van der Waals surface area contributed by atoms with Crippen LogP contribution in [-0.4, -0.2) is 44.9 Å². The van der Waals surface area contributed by atoms with Gasteiger partial charge >= 0.3 is 0 Å². The summed E-state index contributed by atoms with van der Waals surface area (Å²) in [4.78, 5) is 9.26. The number of rotatable bonds is 5. The molecule has 2 aromatic carbocycles. The summed E-state index contributed by atoms with van der Waals surface area (Å²) in [5, 5.41) is 9.83. The number of fused-ring (bicyclic) bond motifs is 2. The number of aromatic amines is 2. The fourth-order valence-electron chi connectivity index (χ4n) is 4.65. The molecule has 0 amide bonds. The molecule has 0 aliphatic carbocycles. The van der Waals surface area contributed by atoms with E-state index in [0.29, 0.717) is 0 Å². The SMILES string of the molecule is c1ccc(CC2CCN(Cc3nnc(-c4cc5cc6c(cc5[nH]4)OCO6)[nH]3)CC2)cc1. The van der Waals surface area contributed by atoms with Crippen LogP contribution in [0.15, 0.2) is 48.5 Å². The third kappa shape index (κ3) is 3.77. The molecular weight excluding hydrogens is 390 g/mol. The van der Waals surface area contributed by atoms with E-state index in [4.69, 9.17) is 9.47 Å². The van der Waals surface area contributed by atoms with Crippen LogP contribution in [0.1, 0.15) is 24.2 Å². The molecule has 7 nitrogen and oxygen atoms in total. The van der Waals surface area contributed by atoms with Crippen molar-refractivity contribution in [3.8, 4) is 23.0 Å². The van der Waals surface area contributed by atoms with Gasteiger partial charge in [-0.3, -0.25) is 4.90 Å². The molecule has 2 aliphatic heterocycles. The first kappa shape index (κ1) is 18.4. The lowest BCUT2D eigenvalue weighted by atomic mass is 9.90. The Bertz CT molecular complexity index is 1150. The topological polar surface area (TPSA) is 79.1 Å². The number of hydrogen-bond donors (Lipinski definition) is 2. The Labute approximate surface area is 180 Å².